The van der Waals surface area contributed by atoms with Crippen molar-refractivity contribution in [2.45, 2.75) is 6.10 Å². The first-order valence-electron chi connectivity index (χ1n) is 8.27. The number of hydrogen-bond donors (Lipinski definition) is 2. The van der Waals surface area contributed by atoms with Crippen molar-refractivity contribution in [2.75, 3.05) is 44.7 Å². The molecule has 8 nitrogen and oxygen atoms in total. The highest BCUT2D eigenvalue weighted by Gasteiger charge is 2.15. The van der Waals surface area contributed by atoms with E-state index in [0.717, 1.165) is 31.9 Å². The van der Waals surface area contributed by atoms with Gasteiger partial charge in [-0.05, 0) is 23.6 Å². The molecule has 132 valence electrons. The highest BCUT2D eigenvalue weighted by Crippen LogP contribution is 2.20. The maximum absolute atomic E-state index is 10.2. The van der Waals surface area contributed by atoms with Crippen molar-refractivity contribution < 1.29 is 9.84 Å². The zero-order valence-corrected chi connectivity index (χ0v) is 14.5. The third-order valence-corrected chi connectivity index (χ3v) is 4.82. The monoisotopic (exact) mass is 360 g/mol. The molecule has 1 aliphatic heterocycles. The number of nitrogens with zero attached hydrogens (tertiary/aromatic N) is 5. The molecule has 4 heterocycles. The summed E-state index contributed by atoms with van der Waals surface area (Å²) in [5.41, 5.74) is 1.69. The molecule has 3 aromatic rings. The van der Waals surface area contributed by atoms with Crippen LogP contribution in [0.2, 0.25) is 0 Å². The van der Waals surface area contributed by atoms with Gasteiger partial charge in [-0.3, -0.25) is 4.90 Å². The van der Waals surface area contributed by atoms with Crippen molar-refractivity contribution in [2.24, 2.45) is 0 Å². The zero-order chi connectivity index (χ0) is 17.1. The summed E-state index contributed by atoms with van der Waals surface area (Å²) in [7, 11) is 0. The zero-order valence-electron chi connectivity index (χ0n) is 13.7. The predicted octanol–water partition coefficient (Wildman–Crippen LogP) is 0.958. The van der Waals surface area contributed by atoms with Crippen LogP contribution in [0.3, 0.4) is 0 Å². The number of hydrogen-bond acceptors (Lipinski definition) is 8. The van der Waals surface area contributed by atoms with Crippen LogP contribution >= 0.6 is 11.3 Å². The summed E-state index contributed by atoms with van der Waals surface area (Å²) >= 11 is 1.61. The second-order valence-electron chi connectivity index (χ2n) is 5.97. The fourth-order valence-electron chi connectivity index (χ4n) is 2.82. The highest BCUT2D eigenvalue weighted by molar-refractivity contribution is 7.08. The Balaban J connectivity index is 1.42. The van der Waals surface area contributed by atoms with Gasteiger partial charge in [-0.2, -0.15) is 15.9 Å². The van der Waals surface area contributed by atoms with Gasteiger partial charge in [0.2, 0.25) is 0 Å². The van der Waals surface area contributed by atoms with Crippen LogP contribution in [0.5, 0.6) is 0 Å². The third-order valence-electron chi connectivity index (χ3n) is 4.13. The average Bonchev–Trinajstić information content (AvgIpc) is 3.29. The Hall–Kier alpha value is -2.07. The Kier molecular flexibility index (Phi) is 4.88. The fraction of sp³-hybridized carbons (Fsp3) is 0.438. The summed E-state index contributed by atoms with van der Waals surface area (Å²) < 4.78 is 7.04. The number of aliphatic hydroxyl groups excluding tert-OH is 1. The lowest BCUT2D eigenvalue weighted by Gasteiger charge is -2.28. The lowest BCUT2D eigenvalue weighted by Crippen LogP contribution is -2.42. The van der Waals surface area contributed by atoms with Crippen molar-refractivity contribution in [3.05, 3.63) is 29.0 Å². The smallest absolute Gasteiger partial charge is 0.186 e. The van der Waals surface area contributed by atoms with Gasteiger partial charge >= 0.3 is 0 Å². The van der Waals surface area contributed by atoms with E-state index in [9.17, 15) is 5.11 Å². The van der Waals surface area contributed by atoms with Crippen LogP contribution < -0.4 is 5.32 Å². The van der Waals surface area contributed by atoms with Gasteiger partial charge in [-0.1, -0.05) is 0 Å². The SMILES string of the molecule is OC(CNc1ccc2nnc(-c3ccsc3)n2n1)CN1CCOCC1. The summed E-state index contributed by atoms with van der Waals surface area (Å²) in [6, 6.07) is 5.71. The van der Waals surface area contributed by atoms with Gasteiger partial charge in [0.05, 0.1) is 19.3 Å². The number of anilines is 1. The molecule has 0 spiro atoms. The maximum Gasteiger partial charge on any atom is 0.186 e. The van der Waals surface area contributed by atoms with Crippen molar-refractivity contribution in [3.8, 4) is 11.4 Å². The van der Waals surface area contributed by atoms with E-state index < -0.39 is 6.10 Å². The quantitative estimate of drug-likeness (QED) is 0.677. The molecule has 0 aromatic carbocycles. The van der Waals surface area contributed by atoms with Gasteiger partial charge in [-0.15, -0.1) is 15.3 Å². The Morgan fingerprint density at radius 3 is 2.92 bits per heavy atom. The maximum atomic E-state index is 10.2. The molecular formula is C16H20N6O2S. The molecule has 2 N–H and O–H groups in total. The summed E-state index contributed by atoms with van der Waals surface area (Å²) in [6.07, 6.45) is -0.465. The van der Waals surface area contributed by atoms with Crippen LogP contribution in [0.15, 0.2) is 29.0 Å². The van der Waals surface area contributed by atoms with Crippen LogP contribution in [-0.2, 0) is 4.74 Å². The lowest BCUT2D eigenvalue weighted by atomic mass is 10.3. The fourth-order valence-corrected chi connectivity index (χ4v) is 3.46. The van der Waals surface area contributed by atoms with Crippen molar-refractivity contribution >= 4 is 22.8 Å². The van der Waals surface area contributed by atoms with E-state index in [1.165, 1.54) is 0 Å². The molecule has 1 saturated heterocycles. The molecule has 3 aromatic heterocycles. The molecule has 0 radical (unpaired) electrons. The largest absolute Gasteiger partial charge is 0.390 e. The van der Waals surface area contributed by atoms with Gasteiger partial charge < -0.3 is 15.2 Å². The van der Waals surface area contributed by atoms with E-state index in [-0.39, 0.29) is 0 Å². The van der Waals surface area contributed by atoms with Gasteiger partial charge in [0.15, 0.2) is 11.5 Å². The molecule has 1 atom stereocenters. The van der Waals surface area contributed by atoms with Gasteiger partial charge in [-0.25, -0.2) is 0 Å². The minimum Gasteiger partial charge on any atom is -0.390 e. The summed E-state index contributed by atoms with van der Waals surface area (Å²) in [6.45, 7) is 4.27. The van der Waals surface area contributed by atoms with Crippen LogP contribution in [0, 0.1) is 0 Å². The van der Waals surface area contributed by atoms with E-state index in [4.69, 9.17) is 4.74 Å². The number of β-amino-alcohol motifs (C(OH)–C–C–N with tert-alkyl or cyclic N) is 1. The van der Waals surface area contributed by atoms with Crippen LogP contribution in [0.1, 0.15) is 0 Å². The van der Waals surface area contributed by atoms with E-state index >= 15 is 0 Å². The van der Waals surface area contributed by atoms with Crippen LogP contribution in [0.4, 0.5) is 5.82 Å². The molecule has 0 saturated carbocycles. The van der Waals surface area contributed by atoms with E-state index in [0.29, 0.717) is 30.4 Å². The lowest BCUT2D eigenvalue weighted by molar-refractivity contribution is 0.0171. The number of thiophene rings is 1. The number of fused-ring (bicyclic) bond motifs is 1. The van der Waals surface area contributed by atoms with Crippen molar-refractivity contribution in [3.63, 3.8) is 0 Å². The Morgan fingerprint density at radius 2 is 2.12 bits per heavy atom. The minimum absolute atomic E-state index is 0.436. The molecule has 25 heavy (non-hydrogen) atoms. The van der Waals surface area contributed by atoms with Crippen LogP contribution in [-0.4, -0.2) is 75.3 Å². The Morgan fingerprint density at radius 1 is 1.24 bits per heavy atom. The standard InChI is InChI=1S/C16H20N6O2S/c23-13(10-21-4-6-24-7-5-21)9-17-14-1-2-15-18-19-16(22(15)20-14)12-3-8-25-11-12/h1-3,8,11,13,23H,4-7,9-10H2,(H,17,20). The van der Waals surface area contributed by atoms with Gasteiger partial charge in [0.25, 0.3) is 0 Å². The summed E-state index contributed by atoms with van der Waals surface area (Å²) in [5.74, 6) is 1.40. The van der Waals surface area contributed by atoms with E-state index in [2.05, 4.69) is 25.5 Å². The molecule has 4 rings (SSSR count). The normalized spacial score (nSPS) is 17.0. The van der Waals surface area contributed by atoms with E-state index in [1.807, 2.05) is 29.0 Å². The minimum atomic E-state index is -0.465. The van der Waals surface area contributed by atoms with Crippen molar-refractivity contribution in [1.29, 1.82) is 0 Å². The number of aromatic nitrogens is 4. The van der Waals surface area contributed by atoms with Crippen LogP contribution in [0.25, 0.3) is 17.0 Å². The molecule has 1 aliphatic rings. The molecule has 9 heteroatoms. The number of nitrogens with one attached hydrogen (secondary N) is 1. The van der Waals surface area contributed by atoms with Gasteiger partial charge in [0, 0.05) is 37.1 Å². The number of morpholine rings is 1. The second kappa shape index (κ2) is 7.44. The Bertz CT molecular complexity index is 815. The van der Waals surface area contributed by atoms with Gasteiger partial charge in [0.1, 0.15) is 5.82 Å². The molecule has 1 fully saturated rings. The number of aliphatic hydroxyl groups is 1. The number of rotatable bonds is 6. The molecule has 0 amide bonds. The predicted molar refractivity (Wildman–Crippen MR) is 95.9 cm³/mol. The first-order chi connectivity index (χ1) is 12.3. The highest BCUT2D eigenvalue weighted by atomic mass is 32.1. The van der Waals surface area contributed by atoms with Crippen molar-refractivity contribution in [1.82, 2.24) is 24.7 Å². The summed E-state index contributed by atoms with van der Waals surface area (Å²) in [5, 5.41) is 30.4. The first kappa shape index (κ1) is 16.4. The first-order valence-corrected chi connectivity index (χ1v) is 9.21. The van der Waals surface area contributed by atoms with E-state index in [1.54, 1.807) is 15.9 Å². The third kappa shape index (κ3) is 3.79. The average molecular weight is 360 g/mol. The second-order valence-corrected chi connectivity index (χ2v) is 6.75. The molecule has 0 bridgehead atoms. The summed E-state index contributed by atoms with van der Waals surface area (Å²) in [4.78, 5) is 2.21. The Labute approximate surface area is 149 Å². The molecule has 0 aliphatic carbocycles. The molecular weight excluding hydrogens is 340 g/mol. The molecule has 1 unspecified atom stereocenters. The topological polar surface area (TPSA) is 87.8 Å². The number of ether oxygens (including phenoxy) is 1.